The van der Waals surface area contributed by atoms with Crippen LogP contribution in [0.1, 0.15) is 12.1 Å². The minimum atomic E-state index is -3.70. The first-order chi connectivity index (χ1) is 17.6. The molecule has 1 unspecified atom stereocenters. The van der Waals surface area contributed by atoms with Crippen LogP contribution >= 0.6 is 22.9 Å². The number of halogens is 1. The number of carbonyl (C=O) groups is 2. The molecule has 1 fully saturated rings. The molecule has 12 heteroatoms. The summed E-state index contributed by atoms with van der Waals surface area (Å²) in [5.41, 5.74) is 1.07. The summed E-state index contributed by atoms with van der Waals surface area (Å²) in [7, 11) is 1.54. The SMILES string of the molecule is CN=c1scc(CN2CCN(C(=O)CCS(=O)(=O)c3ccc4cc(Cl)ccc4c3)C(C(=O)NC)C2)n1C. The molecule has 0 spiro atoms. The van der Waals surface area contributed by atoms with Gasteiger partial charge < -0.3 is 14.8 Å². The number of fused-ring (bicyclic) bond motifs is 1. The fraction of sp³-hybridized carbons (Fsp3) is 0.400. The van der Waals surface area contributed by atoms with E-state index in [1.807, 2.05) is 17.0 Å². The second-order valence-electron chi connectivity index (χ2n) is 8.97. The van der Waals surface area contributed by atoms with Crippen LogP contribution < -0.4 is 10.1 Å². The van der Waals surface area contributed by atoms with Gasteiger partial charge in [-0.15, -0.1) is 11.3 Å². The molecule has 2 aromatic carbocycles. The molecular weight excluding hydrogens is 534 g/mol. The van der Waals surface area contributed by atoms with Gasteiger partial charge >= 0.3 is 0 Å². The van der Waals surface area contributed by atoms with Crippen molar-refractivity contribution >= 4 is 55.4 Å². The van der Waals surface area contributed by atoms with Crippen molar-refractivity contribution in [3.8, 4) is 0 Å². The second-order valence-corrected chi connectivity index (χ2v) is 12.3. The Labute approximate surface area is 225 Å². The minimum absolute atomic E-state index is 0.157. The molecule has 4 rings (SSSR count). The van der Waals surface area contributed by atoms with Gasteiger partial charge in [-0.3, -0.25) is 19.5 Å². The normalized spacial score (nSPS) is 17.4. The Morgan fingerprint density at radius 3 is 2.59 bits per heavy atom. The van der Waals surface area contributed by atoms with Crippen LogP contribution in [0.25, 0.3) is 10.8 Å². The van der Waals surface area contributed by atoms with Gasteiger partial charge in [0, 0.05) is 69.8 Å². The lowest BCUT2D eigenvalue weighted by Gasteiger charge is -2.40. The Morgan fingerprint density at radius 1 is 1.16 bits per heavy atom. The number of benzene rings is 2. The molecule has 2 heterocycles. The third-order valence-corrected chi connectivity index (χ3v) is 9.65. The molecule has 1 saturated heterocycles. The van der Waals surface area contributed by atoms with Crippen molar-refractivity contribution in [1.29, 1.82) is 0 Å². The highest BCUT2D eigenvalue weighted by Crippen LogP contribution is 2.24. The Hall–Kier alpha value is -2.73. The molecule has 3 aromatic rings. The van der Waals surface area contributed by atoms with Gasteiger partial charge in [0.1, 0.15) is 6.04 Å². The van der Waals surface area contributed by atoms with Crippen molar-refractivity contribution in [1.82, 2.24) is 19.7 Å². The van der Waals surface area contributed by atoms with Gasteiger partial charge in [0.2, 0.25) is 11.8 Å². The predicted octanol–water partition coefficient (Wildman–Crippen LogP) is 2.05. The van der Waals surface area contributed by atoms with E-state index in [1.165, 1.54) is 18.0 Å². The van der Waals surface area contributed by atoms with Crippen LogP contribution in [0.2, 0.25) is 5.02 Å². The zero-order valence-electron chi connectivity index (χ0n) is 21.0. The summed E-state index contributed by atoms with van der Waals surface area (Å²) in [6.45, 7) is 1.90. The van der Waals surface area contributed by atoms with Crippen LogP contribution in [0.4, 0.5) is 0 Å². The fourth-order valence-electron chi connectivity index (χ4n) is 4.52. The molecule has 1 aliphatic rings. The first kappa shape index (κ1) is 27.3. The Balaban J connectivity index is 1.44. The molecule has 9 nitrogen and oxygen atoms in total. The van der Waals surface area contributed by atoms with Gasteiger partial charge in [0.25, 0.3) is 0 Å². The highest BCUT2D eigenvalue weighted by molar-refractivity contribution is 7.91. The van der Waals surface area contributed by atoms with Crippen LogP contribution in [-0.2, 0) is 33.0 Å². The molecule has 2 amide bonds. The van der Waals surface area contributed by atoms with E-state index >= 15 is 0 Å². The largest absolute Gasteiger partial charge is 0.357 e. The van der Waals surface area contributed by atoms with E-state index in [9.17, 15) is 18.0 Å². The van der Waals surface area contributed by atoms with E-state index < -0.39 is 15.9 Å². The summed E-state index contributed by atoms with van der Waals surface area (Å²) in [5, 5.41) is 6.85. The number of hydrogen-bond donors (Lipinski definition) is 1. The molecule has 1 atom stereocenters. The molecule has 1 aromatic heterocycles. The second kappa shape index (κ2) is 11.3. The molecule has 0 aliphatic carbocycles. The van der Waals surface area contributed by atoms with E-state index in [4.69, 9.17) is 11.6 Å². The summed E-state index contributed by atoms with van der Waals surface area (Å²) in [6, 6.07) is 9.39. The van der Waals surface area contributed by atoms with Crippen LogP contribution in [-0.4, -0.2) is 80.1 Å². The average molecular weight is 564 g/mol. The van der Waals surface area contributed by atoms with Crippen molar-refractivity contribution in [2.45, 2.75) is 23.9 Å². The standard InChI is InChI=1S/C25H30ClN5O4S2/c1-27-24(33)22-15-30(14-20-16-36-25(28-2)29(20)3)9-10-31(22)23(32)8-11-37(34,35)21-7-5-17-12-19(26)6-4-18(17)13-21/h4-7,12-13,16,22H,8-11,14-15H2,1-3H3,(H,27,33). The van der Waals surface area contributed by atoms with Gasteiger partial charge in [-0.2, -0.15) is 0 Å². The molecule has 198 valence electrons. The maximum atomic E-state index is 13.2. The topological polar surface area (TPSA) is 104 Å². The summed E-state index contributed by atoms with van der Waals surface area (Å²) in [6.07, 6.45) is -0.199. The van der Waals surface area contributed by atoms with Crippen LogP contribution in [0.5, 0.6) is 0 Å². The van der Waals surface area contributed by atoms with E-state index in [0.29, 0.717) is 31.2 Å². The van der Waals surface area contributed by atoms with Gasteiger partial charge in [0.05, 0.1) is 10.6 Å². The monoisotopic (exact) mass is 563 g/mol. The Bertz CT molecular complexity index is 1500. The van der Waals surface area contributed by atoms with Gasteiger partial charge in [-0.25, -0.2) is 8.42 Å². The van der Waals surface area contributed by atoms with Crippen molar-refractivity contribution in [3.05, 3.63) is 57.3 Å². The van der Waals surface area contributed by atoms with E-state index in [-0.39, 0.29) is 28.9 Å². The lowest BCUT2D eigenvalue weighted by atomic mass is 10.1. The number of piperazine rings is 1. The van der Waals surface area contributed by atoms with E-state index in [2.05, 4.69) is 15.2 Å². The lowest BCUT2D eigenvalue weighted by Crippen LogP contribution is -2.60. The molecule has 0 radical (unpaired) electrons. The van der Waals surface area contributed by atoms with Crippen LogP contribution in [0.15, 0.2) is 51.7 Å². The molecule has 0 saturated carbocycles. The fourth-order valence-corrected chi connectivity index (χ4v) is 6.82. The van der Waals surface area contributed by atoms with Crippen molar-refractivity contribution in [2.75, 3.05) is 39.5 Å². The van der Waals surface area contributed by atoms with Crippen LogP contribution in [0, 0.1) is 0 Å². The molecule has 1 N–H and O–H groups in total. The highest BCUT2D eigenvalue weighted by Gasteiger charge is 2.35. The Morgan fingerprint density at radius 2 is 1.89 bits per heavy atom. The predicted molar refractivity (Wildman–Crippen MR) is 145 cm³/mol. The summed E-state index contributed by atoms with van der Waals surface area (Å²) >= 11 is 7.57. The number of sulfone groups is 1. The molecule has 1 aliphatic heterocycles. The number of hydrogen-bond acceptors (Lipinski definition) is 7. The Kier molecular flexibility index (Phi) is 8.37. The summed E-state index contributed by atoms with van der Waals surface area (Å²) in [4.78, 5) is 34.8. The highest BCUT2D eigenvalue weighted by atomic mass is 35.5. The number of rotatable bonds is 7. The quantitative estimate of drug-likeness (QED) is 0.474. The van der Waals surface area contributed by atoms with Gasteiger partial charge in [-0.1, -0.05) is 23.7 Å². The number of amides is 2. The van der Waals surface area contributed by atoms with Crippen molar-refractivity contribution in [2.24, 2.45) is 12.0 Å². The maximum absolute atomic E-state index is 13.2. The number of thiazole rings is 1. The number of carbonyl (C=O) groups excluding carboxylic acids is 2. The summed E-state index contributed by atoms with van der Waals surface area (Å²) < 4.78 is 28.1. The lowest BCUT2D eigenvalue weighted by molar-refractivity contribution is -0.143. The number of nitrogens with zero attached hydrogens (tertiary/aromatic N) is 4. The molecule has 37 heavy (non-hydrogen) atoms. The smallest absolute Gasteiger partial charge is 0.243 e. The van der Waals surface area contributed by atoms with Crippen molar-refractivity contribution in [3.63, 3.8) is 0 Å². The number of nitrogens with one attached hydrogen (secondary N) is 1. The zero-order valence-corrected chi connectivity index (χ0v) is 23.4. The molecule has 0 bridgehead atoms. The first-order valence-corrected chi connectivity index (χ1v) is 14.8. The van der Waals surface area contributed by atoms with Crippen LogP contribution in [0.3, 0.4) is 0 Å². The number of aromatic nitrogens is 1. The maximum Gasteiger partial charge on any atom is 0.243 e. The van der Waals surface area contributed by atoms with Gasteiger partial charge in [0.15, 0.2) is 14.6 Å². The zero-order chi connectivity index (χ0) is 26.7. The van der Waals surface area contributed by atoms with E-state index in [0.717, 1.165) is 21.3 Å². The number of likely N-dealkylation sites (N-methyl/N-ethyl adjacent to an activating group) is 1. The summed E-state index contributed by atoms with van der Waals surface area (Å²) in [5.74, 6) is -0.954. The van der Waals surface area contributed by atoms with Crippen molar-refractivity contribution < 1.29 is 18.0 Å². The minimum Gasteiger partial charge on any atom is -0.357 e. The third kappa shape index (κ3) is 6.06. The first-order valence-electron chi connectivity index (χ1n) is 11.8. The van der Waals surface area contributed by atoms with Gasteiger partial charge in [-0.05, 0) is 35.0 Å². The third-order valence-electron chi connectivity index (χ3n) is 6.65. The van der Waals surface area contributed by atoms with E-state index in [1.54, 1.807) is 48.7 Å². The average Bonchev–Trinajstić information content (AvgIpc) is 3.25. The molecular formula is C25H30ClN5O4S2.